The maximum atomic E-state index is 12.4. The van der Waals surface area contributed by atoms with Crippen LogP contribution in [0.2, 0.25) is 0 Å². The minimum absolute atomic E-state index is 0.0625. The molecule has 1 atom stereocenters. The van der Waals surface area contributed by atoms with Gasteiger partial charge in [-0.15, -0.1) is 0 Å². The predicted molar refractivity (Wildman–Crippen MR) is 99.7 cm³/mol. The number of pyridine rings is 1. The van der Waals surface area contributed by atoms with Crippen molar-refractivity contribution in [2.75, 3.05) is 23.9 Å². The molecule has 2 heterocycles. The zero-order valence-corrected chi connectivity index (χ0v) is 15.5. The first kappa shape index (κ1) is 18.8. The van der Waals surface area contributed by atoms with Crippen LogP contribution in [-0.2, 0) is 9.84 Å². The zero-order chi connectivity index (χ0) is 19.4. The van der Waals surface area contributed by atoms with Crippen LogP contribution in [0.3, 0.4) is 0 Å². The van der Waals surface area contributed by atoms with Crippen molar-refractivity contribution in [1.29, 1.82) is 0 Å². The van der Waals surface area contributed by atoms with E-state index in [1.807, 2.05) is 0 Å². The van der Waals surface area contributed by atoms with E-state index in [1.165, 1.54) is 25.4 Å². The molecule has 0 bridgehead atoms. The van der Waals surface area contributed by atoms with Gasteiger partial charge in [0.2, 0.25) is 0 Å². The van der Waals surface area contributed by atoms with Gasteiger partial charge in [-0.05, 0) is 30.7 Å². The third-order valence-electron chi connectivity index (χ3n) is 4.15. The van der Waals surface area contributed by atoms with Gasteiger partial charge < -0.3 is 15.4 Å². The number of carbonyl (C=O) groups is 2. The van der Waals surface area contributed by atoms with E-state index in [9.17, 15) is 18.0 Å². The lowest BCUT2D eigenvalue weighted by Crippen LogP contribution is -2.35. The van der Waals surface area contributed by atoms with Gasteiger partial charge in [-0.2, -0.15) is 0 Å². The average Bonchev–Trinajstić information content (AvgIpc) is 3.00. The molecule has 27 heavy (non-hydrogen) atoms. The van der Waals surface area contributed by atoms with Crippen LogP contribution >= 0.6 is 0 Å². The molecule has 3 rings (SSSR count). The van der Waals surface area contributed by atoms with E-state index in [2.05, 4.69) is 15.6 Å². The molecule has 1 aromatic heterocycles. The maximum absolute atomic E-state index is 12.4. The summed E-state index contributed by atoms with van der Waals surface area (Å²) in [6, 6.07) is 9.29. The summed E-state index contributed by atoms with van der Waals surface area (Å²) in [5.74, 6) is -0.299. The molecule has 1 fully saturated rings. The maximum Gasteiger partial charge on any atom is 0.274 e. The standard InChI is InChI=1S/C18H19N3O5S/c1-26-15-4-2-3-13(10-15)20-18(23)16-9-12(5-7-19-16)17(22)21-14-6-8-27(24,25)11-14/h2-5,7,9-10,14H,6,8,11H2,1H3,(H,20,23)(H,21,22). The summed E-state index contributed by atoms with van der Waals surface area (Å²) in [6.45, 7) is 0. The number of ether oxygens (including phenoxy) is 1. The van der Waals surface area contributed by atoms with Crippen molar-refractivity contribution in [2.45, 2.75) is 12.5 Å². The highest BCUT2D eigenvalue weighted by Gasteiger charge is 2.29. The number of sulfone groups is 1. The number of carbonyl (C=O) groups excluding carboxylic acids is 2. The Kier molecular flexibility index (Phi) is 5.41. The molecule has 1 unspecified atom stereocenters. The molecule has 1 aliphatic heterocycles. The number of anilines is 1. The molecule has 1 aromatic carbocycles. The lowest BCUT2D eigenvalue weighted by atomic mass is 10.2. The predicted octanol–water partition coefficient (Wildman–Crippen LogP) is 1.26. The quantitative estimate of drug-likeness (QED) is 0.796. The minimum Gasteiger partial charge on any atom is -0.497 e. The fourth-order valence-corrected chi connectivity index (χ4v) is 4.44. The van der Waals surface area contributed by atoms with Crippen molar-refractivity contribution in [1.82, 2.24) is 10.3 Å². The van der Waals surface area contributed by atoms with Gasteiger partial charge in [0.1, 0.15) is 11.4 Å². The van der Waals surface area contributed by atoms with Crippen LogP contribution in [0.4, 0.5) is 5.69 Å². The molecule has 9 heteroatoms. The normalized spacial score (nSPS) is 17.9. The molecule has 0 saturated carbocycles. The number of nitrogens with zero attached hydrogens (tertiary/aromatic N) is 1. The van der Waals surface area contributed by atoms with Crippen molar-refractivity contribution < 1.29 is 22.7 Å². The van der Waals surface area contributed by atoms with E-state index in [1.54, 1.807) is 24.3 Å². The third kappa shape index (κ3) is 4.82. The molecule has 2 N–H and O–H groups in total. The highest BCUT2D eigenvalue weighted by atomic mass is 32.2. The van der Waals surface area contributed by atoms with Crippen LogP contribution in [0.5, 0.6) is 5.75 Å². The van der Waals surface area contributed by atoms with E-state index >= 15 is 0 Å². The summed E-state index contributed by atoms with van der Waals surface area (Å²) in [7, 11) is -1.56. The van der Waals surface area contributed by atoms with Crippen LogP contribution in [0, 0.1) is 0 Å². The second-order valence-corrected chi connectivity index (χ2v) is 8.42. The van der Waals surface area contributed by atoms with E-state index in [0.29, 0.717) is 17.9 Å². The molecule has 2 aromatic rings. The average molecular weight is 389 g/mol. The molecule has 1 aliphatic rings. The molecule has 142 valence electrons. The lowest BCUT2D eigenvalue weighted by molar-refractivity contribution is 0.0941. The number of nitrogens with one attached hydrogen (secondary N) is 2. The first-order chi connectivity index (χ1) is 12.9. The Morgan fingerprint density at radius 2 is 2.00 bits per heavy atom. The minimum atomic E-state index is -3.09. The number of methoxy groups -OCH3 is 1. The fourth-order valence-electron chi connectivity index (χ4n) is 2.77. The number of amides is 2. The molecular weight excluding hydrogens is 370 g/mol. The Morgan fingerprint density at radius 1 is 1.19 bits per heavy atom. The van der Waals surface area contributed by atoms with E-state index in [0.717, 1.165) is 0 Å². The smallest absolute Gasteiger partial charge is 0.274 e. The Bertz CT molecular complexity index is 974. The topological polar surface area (TPSA) is 114 Å². The second kappa shape index (κ2) is 7.75. The molecule has 0 radical (unpaired) electrons. The van der Waals surface area contributed by atoms with Crippen LogP contribution in [-0.4, -0.2) is 49.9 Å². The third-order valence-corrected chi connectivity index (χ3v) is 5.92. The Labute approximate surface area is 156 Å². The highest BCUT2D eigenvalue weighted by molar-refractivity contribution is 7.91. The monoisotopic (exact) mass is 389 g/mol. The van der Waals surface area contributed by atoms with Crippen molar-refractivity contribution in [3.63, 3.8) is 0 Å². The lowest BCUT2D eigenvalue weighted by Gasteiger charge is -2.11. The number of hydrogen-bond acceptors (Lipinski definition) is 6. The highest BCUT2D eigenvalue weighted by Crippen LogP contribution is 2.17. The van der Waals surface area contributed by atoms with Crippen LogP contribution in [0.25, 0.3) is 0 Å². The molecule has 8 nitrogen and oxygen atoms in total. The van der Waals surface area contributed by atoms with Crippen LogP contribution in [0.15, 0.2) is 42.6 Å². The van der Waals surface area contributed by atoms with Gasteiger partial charge in [0.25, 0.3) is 11.8 Å². The van der Waals surface area contributed by atoms with Crippen molar-refractivity contribution >= 4 is 27.3 Å². The summed E-state index contributed by atoms with van der Waals surface area (Å²) in [5.41, 5.74) is 0.849. The summed E-state index contributed by atoms with van der Waals surface area (Å²) >= 11 is 0. The van der Waals surface area contributed by atoms with Gasteiger partial charge >= 0.3 is 0 Å². The van der Waals surface area contributed by atoms with Gasteiger partial charge in [0.15, 0.2) is 9.84 Å². The molecule has 0 aliphatic carbocycles. The largest absolute Gasteiger partial charge is 0.497 e. The SMILES string of the molecule is COc1cccc(NC(=O)c2cc(C(=O)NC3CCS(=O)(=O)C3)ccn2)c1. The van der Waals surface area contributed by atoms with Gasteiger partial charge in [-0.25, -0.2) is 8.42 Å². The first-order valence-corrected chi connectivity index (χ1v) is 10.1. The number of rotatable bonds is 5. The summed E-state index contributed by atoms with van der Waals surface area (Å²) in [6.07, 6.45) is 1.75. The number of aromatic nitrogens is 1. The number of benzene rings is 1. The summed E-state index contributed by atoms with van der Waals surface area (Å²) < 4.78 is 28.1. The van der Waals surface area contributed by atoms with Crippen molar-refractivity contribution in [3.05, 3.63) is 53.9 Å². The first-order valence-electron chi connectivity index (χ1n) is 8.29. The van der Waals surface area contributed by atoms with E-state index < -0.39 is 27.7 Å². The van der Waals surface area contributed by atoms with Gasteiger partial charge in [-0.3, -0.25) is 14.6 Å². The van der Waals surface area contributed by atoms with Gasteiger partial charge in [-0.1, -0.05) is 6.07 Å². The zero-order valence-electron chi connectivity index (χ0n) is 14.6. The van der Waals surface area contributed by atoms with E-state index in [-0.39, 0.29) is 22.8 Å². The summed E-state index contributed by atoms with van der Waals surface area (Å²) in [5, 5.41) is 5.38. The number of hydrogen-bond donors (Lipinski definition) is 2. The van der Waals surface area contributed by atoms with Gasteiger partial charge in [0.05, 0.1) is 18.6 Å². The fraction of sp³-hybridized carbons (Fsp3) is 0.278. The van der Waals surface area contributed by atoms with Crippen molar-refractivity contribution in [3.8, 4) is 5.75 Å². The Morgan fingerprint density at radius 3 is 2.70 bits per heavy atom. The Hall–Kier alpha value is -2.94. The Balaban J connectivity index is 1.69. The molecule has 0 spiro atoms. The van der Waals surface area contributed by atoms with Crippen molar-refractivity contribution in [2.24, 2.45) is 0 Å². The second-order valence-electron chi connectivity index (χ2n) is 6.19. The van der Waals surface area contributed by atoms with Crippen LogP contribution in [0.1, 0.15) is 27.3 Å². The molecule has 2 amide bonds. The molecule has 1 saturated heterocycles. The van der Waals surface area contributed by atoms with E-state index in [4.69, 9.17) is 4.74 Å². The van der Waals surface area contributed by atoms with Crippen LogP contribution < -0.4 is 15.4 Å². The summed E-state index contributed by atoms with van der Waals surface area (Å²) in [4.78, 5) is 28.7. The molecular formula is C18H19N3O5S. The van der Waals surface area contributed by atoms with Gasteiger partial charge in [0, 0.05) is 29.6 Å².